The second kappa shape index (κ2) is 10.2. The van der Waals surface area contributed by atoms with Gasteiger partial charge >= 0.3 is 6.18 Å². The number of carbonyl (C=O) groups excluding carboxylic acids is 1. The van der Waals surface area contributed by atoms with Crippen molar-refractivity contribution in [3.63, 3.8) is 0 Å². The molecular weight excluding hydrogens is 545 g/mol. The summed E-state index contributed by atoms with van der Waals surface area (Å²) in [5, 5.41) is 12.5. The van der Waals surface area contributed by atoms with Gasteiger partial charge in [-0.05, 0) is 54.8 Å². The number of hydrogen-bond acceptors (Lipinski definition) is 7. The molecule has 4 aromatic rings. The lowest BCUT2D eigenvalue weighted by atomic mass is 10.0. The summed E-state index contributed by atoms with van der Waals surface area (Å²) in [4.78, 5) is 24.1. The van der Waals surface area contributed by atoms with E-state index >= 15 is 0 Å². The van der Waals surface area contributed by atoms with Crippen LogP contribution >= 0.6 is 11.6 Å². The molecule has 0 saturated carbocycles. The van der Waals surface area contributed by atoms with Crippen LogP contribution in [0.5, 0.6) is 0 Å². The first kappa shape index (κ1) is 26.2. The van der Waals surface area contributed by atoms with Crippen LogP contribution in [0.15, 0.2) is 48.8 Å². The number of fused-ring (bicyclic) bond motifs is 2. The summed E-state index contributed by atoms with van der Waals surface area (Å²) in [6, 6.07) is 11.3. The summed E-state index contributed by atoms with van der Waals surface area (Å²) in [5.41, 5.74) is 3.48. The number of nitrogens with zero attached hydrogens (tertiary/aromatic N) is 6. The normalized spacial score (nSPS) is 16.1. The van der Waals surface area contributed by atoms with Crippen molar-refractivity contribution in [2.75, 3.05) is 40.1 Å². The van der Waals surface area contributed by atoms with E-state index in [9.17, 15) is 18.0 Å². The predicted octanol–water partition coefficient (Wildman–Crippen LogP) is 5.29. The average Bonchev–Trinajstić information content (AvgIpc) is 3.43. The van der Waals surface area contributed by atoms with Crippen molar-refractivity contribution in [3.05, 3.63) is 59.4 Å². The third kappa shape index (κ3) is 5.35. The molecule has 4 heterocycles. The van der Waals surface area contributed by atoms with Crippen LogP contribution in [-0.2, 0) is 18.3 Å². The van der Waals surface area contributed by atoms with Gasteiger partial charge in [0.2, 0.25) is 11.9 Å². The van der Waals surface area contributed by atoms with Gasteiger partial charge in [0.05, 0.1) is 24.3 Å². The molecule has 6 rings (SSSR count). The number of alkyl halides is 3. The molecule has 2 aromatic heterocycles. The highest BCUT2D eigenvalue weighted by atomic mass is 35.5. The van der Waals surface area contributed by atoms with Crippen molar-refractivity contribution in [1.82, 2.24) is 19.7 Å². The number of rotatable bonds is 6. The SMILES string of the molecule is Cn1ncc2ccc(NC3CCN(c4ncc(Cl)c(Nc5ccc6c(c5)CC(=O)N6CC(F)(F)F)n4)CC3)cc21. The Balaban J connectivity index is 1.11. The molecule has 9 nitrogen and oxygen atoms in total. The van der Waals surface area contributed by atoms with E-state index in [2.05, 4.69) is 48.8 Å². The van der Waals surface area contributed by atoms with Crippen molar-refractivity contribution in [1.29, 1.82) is 0 Å². The fourth-order valence-electron chi connectivity index (χ4n) is 5.24. The quantitative estimate of drug-likeness (QED) is 0.325. The van der Waals surface area contributed by atoms with Gasteiger partial charge in [0.1, 0.15) is 11.6 Å². The monoisotopic (exact) mass is 570 g/mol. The number of piperidine rings is 1. The van der Waals surface area contributed by atoms with Gasteiger partial charge in [-0.25, -0.2) is 4.98 Å². The van der Waals surface area contributed by atoms with E-state index in [1.165, 1.54) is 12.3 Å². The van der Waals surface area contributed by atoms with Crippen LogP contribution in [0.25, 0.3) is 10.9 Å². The number of nitrogens with one attached hydrogen (secondary N) is 2. The van der Waals surface area contributed by atoms with Crippen LogP contribution in [0.4, 0.5) is 42.0 Å². The molecule has 0 atom stereocenters. The van der Waals surface area contributed by atoms with Gasteiger partial charge in [0.15, 0.2) is 5.82 Å². The molecule has 13 heteroatoms. The molecule has 2 aliphatic heterocycles. The first-order chi connectivity index (χ1) is 19.1. The maximum absolute atomic E-state index is 12.9. The topological polar surface area (TPSA) is 91.2 Å². The molecule has 0 unspecified atom stereocenters. The molecule has 0 radical (unpaired) electrons. The fraction of sp³-hybridized carbons (Fsp3) is 0.333. The number of benzene rings is 2. The van der Waals surface area contributed by atoms with Gasteiger partial charge in [0, 0.05) is 48.6 Å². The molecule has 2 N–H and O–H groups in total. The summed E-state index contributed by atoms with van der Waals surface area (Å²) >= 11 is 6.37. The molecule has 0 bridgehead atoms. The zero-order valence-electron chi connectivity index (χ0n) is 21.5. The fourth-order valence-corrected chi connectivity index (χ4v) is 5.38. The second-order valence-electron chi connectivity index (χ2n) is 10.1. The van der Waals surface area contributed by atoms with Crippen LogP contribution in [0.1, 0.15) is 18.4 Å². The Morgan fingerprint density at radius 2 is 1.85 bits per heavy atom. The van der Waals surface area contributed by atoms with E-state index in [-0.39, 0.29) is 12.1 Å². The molecule has 1 amide bonds. The Morgan fingerprint density at radius 1 is 1.07 bits per heavy atom. The van der Waals surface area contributed by atoms with E-state index in [1.807, 2.05) is 17.9 Å². The van der Waals surface area contributed by atoms with Gasteiger partial charge in [-0.1, -0.05) is 11.6 Å². The van der Waals surface area contributed by atoms with Crippen molar-refractivity contribution >= 4 is 57.2 Å². The molecule has 1 fully saturated rings. The molecule has 2 aliphatic rings. The van der Waals surface area contributed by atoms with Crippen LogP contribution < -0.4 is 20.4 Å². The maximum atomic E-state index is 12.9. The number of aryl methyl sites for hydroxylation is 1. The summed E-state index contributed by atoms with van der Waals surface area (Å²) in [6.07, 6.45) is 0.600. The van der Waals surface area contributed by atoms with Gasteiger partial charge < -0.3 is 20.4 Å². The lowest BCUT2D eigenvalue weighted by molar-refractivity contribution is -0.131. The molecule has 40 heavy (non-hydrogen) atoms. The molecule has 208 valence electrons. The van der Waals surface area contributed by atoms with Gasteiger partial charge in [0.25, 0.3) is 0 Å². The Hall–Kier alpha value is -4.06. The lowest BCUT2D eigenvalue weighted by Gasteiger charge is -2.33. The summed E-state index contributed by atoms with van der Waals surface area (Å²) in [5.74, 6) is 0.337. The largest absolute Gasteiger partial charge is 0.406 e. The van der Waals surface area contributed by atoms with Crippen molar-refractivity contribution < 1.29 is 18.0 Å². The van der Waals surface area contributed by atoms with Crippen LogP contribution in [0, 0.1) is 0 Å². The number of aromatic nitrogens is 4. The zero-order valence-corrected chi connectivity index (χ0v) is 22.3. The minimum absolute atomic E-state index is 0.0946. The van der Waals surface area contributed by atoms with E-state index in [4.69, 9.17) is 11.6 Å². The molecule has 2 aromatic carbocycles. The minimum Gasteiger partial charge on any atom is -0.382 e. The Kier molecular flexibility index (Phi) is 6.65. The molecular formula is C27H26ClF3N8O. The number of amides is 1. The highest BCUT2D eigenvalue weighted by molar-refractivity contribution is 6.32. The first-order valence-corrected chi connectivity index (χ1v) is 13.2. The third-order valence-corrected chi connectivity index (χ3v) is 7.52. The molecule has 0 aliphatic carbocycles. The van der Waals surface area contributed by atoms with E-state index in [0.717, 1.165) is 47.4 Å². The van der Waals surface area contributed by atoms with Gasteiger partial charge in [-0.3, -0.25) is 9.48 Å². The highest BCUT2D eigenvalue weighted by Crippen LogP contribution is 2.35. The van der Waals surface area contributed by atoms with Gasteiger partial charge in [-0.2, -0.15) is 23.3 Å². The summed E-state index contributed by atoms with van der Waals surface area (Å²) in [7, 11) is 1.93. The number of anilines is 5. The van der Waals surface area contributed by atoms with Crippen molar-refractivity contribution in [2.45, 2.75) is 31.5 Å². The van der Waals surface area contributed by atoms with E-state index < -0.39 is 18.6 Å². The summed E-state index contributed by atoms with van der Waals surface area (Å²) < 4.78 is 40.6. The zero-order chi connectivity index (χ0) is 28.0. The maximum Gasteiger partial charge on any atom is 0.406 e. The van der Waals surface area contributed by atoms with Crippen molar-refractivity contribution in [2.24, 2.45) is 7.05 Å². The molecule has 1 saturated heterocycles. The number of carbonyl (C=O) groups is 1. The minimum atomic E-state index is -4.47. The first-order valence-electron chi connectivity index (χ1n) is 12.9. The standard InChI is InChI=1S/C27H26ClF3N8O/c1-37-23-12-20(3-2-16(23)13-33-37)34-18-6-8-38(9-7-18)26-32-14-21(28)25(36-26)35-19-4-5-22-17(10-19)11-24(40)39(22)15-27(29,30)31/h2-5,10,12-14,18,34H,6-9,11,15H2,1H3,(H,32,35,36). The van der Waals surface area contributed by atoms with E-state index in [1.54, 1.807) is 12.1 Å². The lowest BCUT2D eigenvalue weighted by Crippen LogP contribution is -2.40. The van der Waals surface area contributed by atoms with Crippen molar-refractivity contribution in [3.8, 4) is 0 Å². The van der Waals surface area contributed by atoms with Crippen LogP contribution in [-0.4, -0.2) is 57.5 Å². The Morgan fingerprint density at radius 3 is 2.62 bits per heavy atom. The van der Waals surface area contributed by atoms with Gasteiger partial charge in [-0.15, -0.1) is 0 Å². The number of hydrogen-bond donors (Lipinski definition) is 2. The average molecular weight is 571 g/mol. The molecule has 0 spiro atoms. The van der Waals surface area contributed by atoms with E-state index in [0.29, 0.717) is 34.1 Å². The highest BCUT2D eigenvalue weighted by Gasteiger charge is 2.37. The third-order valence-electron chi connectivity index (χ3n) is 7.24. The Labute approximate surface area is 232 Å². The Bertz CT molecular complexity index is 1580. The van der Waals surface area contributed by atoms with Crippen LogP contribution in [0.2, 0.25) is 5.02 Å². The smallest absolute Gasteiger partial charge is 0.382 e. The number of halogens is 4. The predicted molar refractivity (Wildman–Crippen MR) is 148 cm³/mol. The van der Waals surface area contributed by atoms with Crippen LogP contribution in [0.3, 0.4) is 0 Å². The summed E-state index contributed by atoms with van der Waals surface area (Å²) in [6.45, 7) is 0.198. The second-order valence-corrected chi connectivity index (χ2v) is 10.5.